The second kappa shape index (κ2) is 21.6. The van der Waals surface area contributed by atoms with Crippen molar-refractivity contribution < 1.29 is 92.4 Å². The molecule has 0 unspecified atom stereocenters. The number of carboxylic acids is 2. The first-order chi connectivity index (χ1) is 28.3. The van der Waals surface area contributed by atoms with Crippen LogP contribution in [0.4, 0.5) is 0 Å². The normalized spacial score (nSPS) is 34.6. The molecule has 0 aliphatic carbocycles. The Kier molecular flexibility index (Phi) is 17.8. The third kappa shape index (κ3) is 13.4. The number of carbonyl (C=O) groups is 9. The van der Waals surface area contributed by atoms with E-state index in [-0.39, 0.29) is 6.42 Å². The zero-order valence-electron chi connectivity index (χ0n) is 34.5. The Labute approximate surface area is 348 Å². The maximum atomic E-state index is 14.1. The lowest BCUT2D eigenvalue weighted by atomic mass is 9.90. The van der Waals surface area contributed by atoms with Crippen LogP contribution in [-0.2, 0) is 66.8 Å². The first-order valence-corrected chi connectivity index (χ1v) is 19.0. The summed E-state index contributed by atoms with van der Waals surface area (Å²) < 4.78 is 29.9. The number of hydrogen-bond donors (Lipinski definition) is 12. The summed E-state index contributed by atoms with van der Waals surface area (Å²) in [5.41, 5.74) is 0. The molecule has 3 fully saturated rings. The number of aliphatic carboxylic acids is 2. The fraction of sp³-hybridized carbons (Fsp3) is 0.743. The highest BCUT2D eigenvalue weighted by Crippen LogP contribution is 2.33. The molecule has 344 valence electrons. The summed E-state index contributed by atoms with van der Waals surface area (Å²) in [6.07, 6.45) is -18.2. The van der Waals surface area contributed by atoms with E-state index in [1.807, 2.05) is 0 Å². The van der Waals surface area contributed by atoms with Gasteiger partial charge in [0.1, 0.15) is 42.5 Å². The van der Waals surface area contributed by atoms with E-state index in [2.05, 4.69) is 37.2 Å². The Bertz CT molecular complexity index is 1670. The molecule has 61 heavy (non-hydrogen) atoms. The molecule has 12 N–H and O–H groups in total. The monoisotopic (exact) mass is 877 g/mol. The molecular weight excluding hydrogens is 822 g/mol. The lowest BCUT2D eigenvalue weighted by Gasteiger charge is -2.51. The second-order valence-corrected chi connectivity index (χ2v) is 15.0. The van der Waals surface area contributed by atoms with Gasteiger partial charge < -0.3 is 86.4 Å². The third-order valence-corrected chi connectivity index (χ3v) is 9.60. The molecular formula is C35H55N7O19. The zero-order chi connectivity index (χ0) is 46.2. The molecule has 0 aromatic carbocycles. The van der Waals surface area contributed by atoms with E-state index in [1.54, 1.807) is 0 Å². The van der Waals surface area contributed by atoms with Gasteiger partial charge >= 0.3 is 11.9 Å². The number of hydrogen-bond acceptors (Lipinski definition) is 17. The molecule has 0 bridgehead atoms. The van der Waals surface area contributed by atoms with E-state index >= 15 is 0 Å². The van der Waals surface area contributed by atoms with Crippen LogP contribution in [0.15, 0.2) is 0 Å². The number of rotatable bonds is 16. The minimum absolute atomic E-state index is 0.363. The SMILES string of the molecule is CC(=O)N[C@@H]1[C@H](O[C@H]2[C@H](NC(C)=O)[C@@H](NC(C)=O)[C@H](O)O[C@@H]2C(=O)O)O[C@H](C(=O)N[C@@H](C)C(=O)O)[C@@H](O[C@H]2O[C@H](C)[C@@H](NC(=O)C[C@H](C)O)[C@H](O)[C@H]2NC(C)=O)[C@@H]1NC(C)=O. The number of aliphatic hydroxyl groups is 3. The summed E-state index contributed by atoms with van der Waals surface area (Å²) in [7, 11) is 0. The third-order valence-electron chi connectivity index (χ3n) is 9.60. The number of nitrogens with one attached hydrogen (secondary N) is 7. The van der Waals surface area contributed by atoms with Crippen LogP contribution in [0.3, 0.4) is 0 Å². The van der Waals surface area contributed by atoms with E-state index < -0.39 is 157 Å². The van der Waals surface area contributed by atoms with Crippen molar-refractivity contribution >= 4 is 53.3 Å². The molecule has 0 aromatic rings. The highest BCUT2D eigenvalue weighted by Gasteiger charge is 2.57. The van der Waals surface area contributed by atoms with Crippen LogP contribution >= 0.6 is 0 Å². The summed E-state index contributed by atoms with van der Waals surface area (Å²) in [5.74, 6) is -9.19. The molecule has 0 saturated carbocycles. The molecule has 7 amide bonds. The summed E-state index contributed by atoms with van der Waals surface area (Å²) in [4.78, 5) is 114. The van der Waals surface area contributed by atoms with Crippen molar-refractivity contribution in [3.8, 4) is 0 Å². The van der Waals surface area contributed by atoms with Crippen molar-refractivity contribution in [1.82, 2.24) is 37.2 Å². The van der Waals surface area contributed by atoms with Crippen molar-refractivity contribution in [2.24, 2.45) is 0 Å². The molecule has 3 aliphatic heterocycles. The van der Waals surface area contributed by atoms with E-state index in [0.717, 1.165) is 41.5 Å². The summed E-state index contributed by atoms with van der Waals surface area (Å²) in [6, 6.07) is -11.0. The van der Waals surface area contributed by atoms with Crippen molar-refractivity contribution in [2.75, 3.05) is 0 Å². The molecule has 26 heteroatoms. The zero-order valence-corrected chi connectivity index (χ0v) is 34.5. The van der Waals surface area contributed by atoms with E-state index in [9.17, 15) is 68.7 Å². The topological polar surface area (TPSA) is 385 Å². The fourth-order valence-electron chi connectivity index (χ4n) is 7.12. The Morgan fingerprint density at radius 3 is 1.51 bits per heavy atom. The number of carboxylic acid groups (broad SMARTS) is 2. The maximum Gasteiger partial charge on any atom is 0.335 e. The van der Waals surface area contributed by atoms with Gasteiger partial charge in [-0.3, -0.25) is 38.4 Å². The predicted octanol–water partition coefficient (Wildman–Crippen LogP) is -6.24. The Balaban J connectivity index is 2.23. The number of ether oxygens (including phenoxy) is 5. The minimum Gasteiger partial charge on any atom is -0.480 e. The fourth-order valence-corrected chi connectivity index (χ4v) is 7.12. The Morgan fingerprint density at radius 1 is 0.590 bits per heavy atom. The number of aliphatic hydroxyl groups excluding tert-OH is 3. The average molecular weight is 878 g/mol. The van der Waals surface area contributed by atoms with Crippen molar-refractivity contribution in [2.45, 2.75) is 166 Å². The van der Waals surface area contributed by atoms with Crippen LogP contribution in [0, 0.1) is 0 Å². The van der Waals surface area contributed by atoms with E-state index in [4.69, 9.17) is 23.7 Å². The van der Waals surface area contributed by atoms with Gasteiger partial charge in [-0.15, -0.1) is 0 Å². The van der Waals surface area contributed by atoms with Crippen LogP contribution in [0.5, 0.6) is 0 Å². The van der Waals surface area contributed by atoms with Gasteiger partial charge in [0.25, 0.3) is 5.91 Å². The summed E-state index contributed by atoms with van der Waals surface area (Å²) in [5, 5.41) is 68.7. The largest absolute Gasteiger partial charge is 0.480 e. The molecule has 26 nitrogen and oxygen atoms in total. The van der Waals surface area contributed by atoms with E-state index in [0.29, 0.717) is 0 Å². The molecule has 3 saturated heterocycles. The smallest absolute Gasteiger partial charge is 0.335 e. The number of amides is 7. The van der Waals surface area contributed by atoms with Gasteiger partial charge in [0.05, 0.1) is 36.8 Å². The Morgan fingerprint density at radius 2 is 1.03 bits per heavy atom. The van der Waals surface area contributed by atoms with Crippen LogP contribution in [-0.4, -0.2) is 183 Å². The Hall–Kier alpha value is -5.09. The van der Waals surface area contributed by atoms with Gasteiger partial charge in [0, 0.05) is 34.6 Å². The van der Waals surface area contributed by atoms with Gasteiger partial charge in [0.2, 0.25) is 35.4 Å². The molecule has 3 heterocycles. The van der Waals surface area contributed by atoms with Crippen molar-refractivity contribution in [3.63, 3.8) is 0 Å². The quantitative estimate of drug-likeness (QED) is 0.0686. The molecule has 0 aromatic heterocycles. The lowest BCUT2D eigenvalue weighted by Crippen LogP contribution is -2.75. The highest BCUT2D eigenvalue weighted by molar-refractivity contribution is 5.87. The molecule has 3 rings (SSSR count). The number of carbonyl (C=O) groups excluding carboxylic acids is 7. The van der Waals surface area contributed by atoms with Gasteiger partial charge in [-0.1, -0.05) is 0 Å². The molecule has 0 spiro atoms. The van der Waals surface area contributed by atoms with Gasteiger partial charge in [-0.05, 0) is 20.8 Å². The summed E-state index contributed by atoms with van der Waals surface area (Å²) in [6.45, 7) is 9.06. The summed E-state index contributed by atoms with van der Waals surface area (Å²) >= 11 is 0. The van der Waals surface area contributed by atoms with Gasteiger partial charge in [-0.2, -0.15) is 0 Å². The van der Waals surface area contributed by atoms with Crippen LogP contribution < -0.4 is 37.2 Å². The highest BCUT2D eigenvalue weighted by atomic mass is 16.7. The lowest BCUT2D eigenvalue weighted by molar-refractivity contribution is -0.318. The van der Waals surface area contributed by atoms with Gasteiger partial charge in [0.15, 0.2) is 31.1 Å². The van der Waals surface area contributed by atoms with Crippen LogP contribution in [0.2, 0.25) is 0 Å². The van der Waals surface area contributed by atoms with Crippen molar-refractivity contribution in [3.05, 3.63) is 0 Å². The maximum absolute atomic E-state index is 14.1. The average Bonchev–Trinajstić information content (AvgIpc) is 3.11. The predicted molar refractivity (Wildman–Crippen MR) is 199 cm³/mol. The van der Waals surface area contributed by atoms with Gasteiger partial charge in [-0.25, -0.2) is 4.79 Å². The standard InChI is InChI=1S/C35H55N7O19/c1-10(43)9-18(49)42-19-12(3)57-35(24(25(19)50)41-17(8)48)59-26-21(38-14(5)45)23(40-16(7)47)34(61-28(26)30(51)36-11(2)31(52)53)60-27-20(37-13(4)44)22(39-15(6)46)33(56)58-29(27)32(54)55/h10-12,19-29,33-35,43,50,56H,9H2,1-8H3,(H,36,51)(H,37,44)(H,38,45)(H,39,46)(H,40,47)(H,41,48)(H,42,49)(H,52,53)(H,54,55)/t10-,11-,12+,19+,20+,21+,22+,23-,24+,25-,26-,27-,28-,29-,33+,34+,35+/m0/s1. The van der Waals surface area contributed by atoms with E-state index in [1.165, 1.54) is 13.8 Å². The van der Waals surface area contributed by atoms with Crippen LogP contribution in [0.1, 0.15) is 61.8 Å². The molecule has 17 atom stereocenters. The first kappa shape index (κ1) is 50.3. The minimum atomic E-state index is -2.16. The first-order valence-electron chi connectivity index (χ1n) is 19.0. The second-order valence-electron chi connectivity index (χ2n) is 15.0. The molecule has 0 radical (unpaired) electrons. The van der Waals surface area contributed by atoms with Crippen LogP contribution in [0.25, 0.3) is 0 Å². The van der Waals surface area contributed by atoms with Crippen molar-refractivity contribution in [1.29, 1.82) is 0 Å². The molecule has 3 aliphatic rings.